The summed E-state index contributed by atoms with van der Waals surface area (Å²) in [5.74, 6) is 0.352. The minimum atomic E-state index is -4.43. The second-order valence-electron chi connectivity index (χ2n) is 3.70. The van der Waals surface area contributed by atoms with Gasteiger partial charge in [-0.1, -0.05) is 6.07 Å². The van der Waals surface area contributed by atoms with E-state index >= 15 is 0 Å². The number of hydrogen-bond donors (Lipinski definition) is 1. The molecule has 2 aromatic heterocycles. The highest BCUT2D eigenvalue weighted by Crippen LogP contribution is 2.27. The molecule has 0 saturated carbocycles. The van der Waals surface area contributed by atoms with E-state index < -0.39 is 11.9 Å². The molecular weight excluding hydrogens is 245 g/mol. The van der Waals surface area contributed by atoms with Crippen LogP contribution in [0.2, 0.25) is 0 Å². The Kier molecular flexibility index (Phi) is 3.33. The van der Waals surface area contributed by atoms with Gasteiger partial charge in [-0.15, -0.1) is 0 Å². The van der Waals surface area contributed by atoms with Crippen LogP contribution in [0.1, 0.15) is 11.3 Å². The summed E-state index contributed by atoms with van der Waals surface area (Å²) in [6.07, 6.45) is -1.60. The van der Waals surface area contributed by atoms with Crippen LogP contribution >= 0.6 is 0 Å². The van der Waals surface area contributed by atoms with E-state index in [2.05, 4.69) is 15.4 Å². The lowest BCUT2D eigenvalue weighted by atomic mass is 10.3. The number of alkyl halides is 3. The average Bonchev–Trinajstić information content (AvgIpc) is 2.79. The van der Waals surface area contributed by atoms with Crippen LogP contribution < -0.4 is 5.32 Å². The predicted octanol–water partition coefficient (Wildman–Crippen LogP) is 2.01. The molecule has 0 radical (unpaired) electrons. The molecule has 2 heterocycles. The van der Waals surface area contributed by atoms with Gasteiger partial charge in [0.1, 0.15) is 0 Å². The number of halogens is 3. The van der Waals surface area contributed by atoms with Gasteiger partial charge in [-0.05, 0) is 24.7 Å². The maximum absolute atomic E-state index is 12.4. The lowest BCUT2D eigenvalue weighted by molar-refractivity contribution is -0.141. The maximum atomic E-state index is 12.4. The first kappa shape index (κ1) is 12.6. The summed E-state index contributed by atoms with van der Waals surface area (Å²) in [6.45, 7) is 0.653. The lowest BCUT2D eigenvalue weighted by Gasteiger charge is -2.03. The summed E-state index contributed by atoms with van der Waals surface area (Å²) in [5.41, 5.74) is 0.0213. The van der Waals surface area contributed by atoms with Gasteiger partial charge >= 0.3 is 6.18 Å². The van der Waals surface area contributed by atoms with Crippen LogP contribution in [0.25, 0.3) is 5.82 Å². The Morgan fingerprint density at radius 1 is 1.28 bits per heavy atom. The molecule has 0 saturated heterocycles. The highest BCUT2D eigenvalue weighted by molar-refractivity contribution is 5.25. The van der Waals surface area contributed by atoms with Crippen molar-refractivity contribution in [2.24, 2.45) is 0 Å². The number of aromatic nitrogens is 3. The van der Waals surface area contributed by atoms with Gasteiger partial charge in [0.2, 0.25) is 0 Å². The largest absolute Gasteiger partial charge is 0.435 e. The van der Waals surface area contributed by atoms with Crippen molar-refractivity contribution < 1.29 is 13.2 Å². The van der Waals surface area contributed by atoms with Gasteiger partial charge in [0, 0.05) is 18.9 Å². The Morgan fingerprint density at radius 2 is 2.06 bits per heavy atom. The van der Waals surface area contributed by atoms with Crippen molar-refractivity contribution in [3.63, 3.8) is 0 Å². The van der Waals surface area contributed by atoms with E-state index in [1.807, 2.05) is 0 Å². The molecule has 0 amide bonds. The third-order valence-electron chi connectivity index (χ3n) is 2.30. The third kappa shape index (κ3) is 2.67. The Labute approximate surface area is 101 Å². The monoisotopic (exact) mass is 256 g/mol. The molecular formula is C11H11F3N4. The number of nitrogens with one attached hydrogen (secondary N) is 1. The van der Waals surface area contributed by atoms with E-state index in [1.54, 1.807) is 25.4 Å². The van der Waals surface area contributed by atoms with Crippen LogP contribution in [0.4, 0.5) is 13.2 Å². The number of hydrogen-bond acceptors (Lipinski definition) is 3. The Morgan fingerprint density at radius 3 is 2.56 bits per heavy atom. The molecule has 4 nitrogen and oxygen atoms in total. The second-order valence-corrected chi connectivity index (χ2v) is 3.70. The van der Waals surface area contributed by atoms with Crippen molar-refractivity contribution in [3.8, 4) is 5.82 Å². The first-order valence-electron chi connectivity index (χ1n) is 5.23. The summed E-state index contributed by atoms with van der Waals surface area (Å²) in [5, 5.41) is 6.40. The zero-order valence-corrected chi connectivity index (χ0v) is 9.57. The first-order valence-corrected chi connectivity index (χ1v) is 5.23. The number of pyridine rings is 1. The predicted molar refractivity (Wildman–Crippen MR) is 59.1 cm³/mol. The highest BCUT2D eigenvalue weighted by atomic mass is 19.4. The minimum Gasteiger partial charge on any atom is -0.316 e. The normalized spacial score (nSPS) is 11.8. The Balaban J connectivity index is 2.23. The molecule has 0 aliphatic heterocycles. The summed E-state index contributed by atoms with van der Waals surface area (Å²) in [4.78, 5) is 4.06. The lowest BCUT2D eigenvalue weighted by Crippen LogP contribution is -2.08. The zero-order valence-electron chi connectivity index (χ0n) is 9.57. The SMILES string of the molecule is CNCc1ccc(-n2ccc(C(F)(F)F)n2)nc1. The van der Waals surface area contributed by atoms with Crippen molar-refractivity contribution in [2.75, 3.05) is 7.05 Å². The standard InChI is InChI=1S/C11H11F3N4/c1-15-6-8-2-3-10(16-7-8)18-5-4-9(17-18)11(12,13)14/h2-5,7,15H,6H2,1H3. The molecule has 18 heavy (non-hydrogen) atoms. The molecule has 0 aromatic carbocycles. The van der Waals surface area contributed by atoms with Gasteiger partial charge in [0.15, 0.2) is 11.5 Å². The fourth-order valence-corrected chi connectivity index (χ4v) is 1.46. The fourth-order valence-electron chi connectivity index (χ4n) is 1.46. The molecule has 96 valence electrons. The van der Waals surface area contributed by atoms with Gasteiger partial charge in [-0.3, -0.25) is 0 Å². The molecule has 0 aliphatic rings. The molecule has 2 aromatic rings. The number of nitrogens with zero attached hydrogens (tertiary/aromatic N) is 3. The van der Waals surface area contributed by atoms with Gasteiger partial charge < -0.3 is 5.32 Å². The van der Waals surface area contributed by atoms with Crippen LogP contribution in [0.15, 0.2) is 30.6 Å². The topological polar surface area (TPSA) is 42.7 Å². The van der Waals surface area contributed by atoms with Crippen molar-refractivity contribution in [1.29, 1.82) is 0 Å². The summed E-state index contributed by atoms with van der Waals surface area (Å²) < 4.78 is 38.2. The van der Waals surface area contributed by atoms with Gasteiger partial charge in [0.05, 0.1) is 0 Å². The minimum absolute atomic E-state index is 0.352. The molecule has 0 unspecified atom stereocenters. The molecule has 0 aliphatic carbocycles. The molecule has 7 heteroatoms. The van der Waals surface area contributed by atoms with E-state index in [1.165, 1.54) is 6.20 Å². The molecule has 0 spiro atoms. The van der Waals surface area contributed by atoms with E-state index in [0.29, 0.717) is 12.4 Å². The van der Waals surface area contributed by atoms with Crippen LogP contribution in [0.3, 0.4) is 0 Å². The molecule has 0 fully saturated rings. The van der Waals surface area contributed by atoms with Gasteiger partial charge in [-0.25, -0.2) is 9.67 Å². The maximum Gasteiger partial charge on any atom is 0.435 e. The van der Waals surface area contributed by atoms with Crippen molar-refractivity contribution in [1.82, 2.24) is 20.1 Å². The average molecular weight is 256 g/mol. The van der Waals surface area contributed by atoms with E-state index in [0.717, 1.165) is 16.3 Å². The second kappa shape index (κ2) is 4.77. The van der Waals surface area contributed by atoms with Gasteiger partial charge in [-0.2, -0.15) is 18.3 Å². The van der Waals surface area contributed by atoms with Crippen molar-refractivity contribution in [3.05, 3.63) is 41.9 Å². The molecule has 2 rings (SSSR count). The summed E-state index contributed by atoms with van der Waals surface area (Å²) in [7, 11) is 1.80. The molecule has 0 bridgehead atoms. The van der Waals surface area contributed by atoms with Crippen LogP contribution in [0, 0.1) is 0 Å². The quantitative estimate of drug-likeness (QED) is 0.913. The van der Waals surface area contributed by atoms with Gasteiger partial charge in [0.25, 0.3) is 0 Å². The Bertz CT molecular complexity index is 516. The number of rotatable bonds is 3. The van der Waals surface area contributed by atoms with Crippen LogP contribution in [0.5, 0.6) is 0 Å². The zero-order chi connectivity index (χ0) is 13.2. The molecule has 1 N–H and O–H groups in total. The summed E-state index contributed by atoms with van der Waals surface area (Å²) >= 11 is 0. The highest BCUT2D eigenvalue weighted by Gasteiger charge is 2.33. The van der Waals surface area contributed by atoms with Crippen molar-refractivity contribution >= 4 is 0 Å². The van der Waals surface area contributed by atoms with Crippen LogP contribution in [-0.2, 0) is 12.7 Å². The van der Waals surface area contributed by atoms with Crippen molar-refractivity contribution in [2.45, 2.75) is 12.7 Å². The first-order chi connectivity index (χ1) is 8.50. The smallest absolute Gasteiger partial charge is 0.316 e. The van der Waals surface area contributed by atoms with E-state index in [4.69, 9.17) is 0 Å². The molecule has 0 atom stereocenters. The Hall–Kier alpha value is -1.89. The third-order valence-corrected chi connectivity index (χ3v) is 2.30. The summed E-state index contributed by atoms with van der Waals surface area (Å²) in [6, 6.07) is 4.33. The van der Waals surface area contributed by atoms with Crippen LogP contribution in [-0.4, -0.2) is 21.8 Å². The fraction of sp³-hybridized carbons (Fsp3) is 0.273. The van der Waals surface area contributed by atoms with E-state index in [9.17, 15) is 13.2 Å². The van der Waals surface area contributed by atoms with E-state index in [-0.39, 0.29) is 0 Å².